The van der Waals surface area contributed by atoms with Crippen LogP contribution in [0.15, 0.2) is 18.2 Å². The van der Waals surface area contributed by atoms with Crippen LogP contribution in [-0.2, 0) is 11.2 Å². The number of fused-ring (bicyclic) bond motifs is 1. The topological polar surface area (TPSA) is 82.2 Å². The van der Waals surface area contributed by atoms with Crippen molar-refractivity contribution in [1.82, 2.24) is 5.32 Å². The standard InChI is InChI=1S/C14H18N4O/c15-6-2-7-17-14(19)10-18-8-1-3-11-9-12(16)4-5-13(11)18/h4-5,9H,1-3,7-8,10,16H2,(H,17,19). The SMILES string of the molecule is N#CCCNC(=O)CN1CCCc2cc(N)ccc21. The number of nitrogens with one attached hydrogen (secondary N) is 1. The Kier molecular flexibility index (Phi) is 4.24. The zero-order valence-electron chi connectivity index (χ0n) is 10.9. The number of hydrogen-bond acceptors (Lipinski definition) is 4. The minimum Gasteiger partial charge on any atom is -0.399 e. The highest BCUT2D eigenvalue weighted by atomic mass is 16.2. The fourth-order valence-corrected chi connectivity index (χ4v) is 2.35. The number of benzene rings is 1. The first-order valence-electron chi connectivity index (χ1n) is 6.47. The summed E-state index contributed by atoms with van der Waals surface area (Å²) < 4.78 is 0. The zero-order valence-corrected chi connectivity index (χ0v) is 10.9. The van der Waals surface area contributed by atoms with Gasteiger partial charge in [-0.3, -0.25) is 4.79 Å². The number of rotatable bonds is 4. The molecule has 1 aromatic rings. The number of nitrogens with two attached hydrogens (primary N) is 1. The van der Waals surface area contributed by atoms with Crippen LogP contribution in [-0.4, -0.2) is 25.5 Å². The highest BCUT2D eigenvalue weighted by Crippen LogP contribution is 2.28. The lowest BCUT2D eigenvalue weighted by molar-refractivity contribution is -0.119. The van der Waals surface area contributed by atoms with Gasteiger partial charge in [-0.05, 0) is 36.6 Å². The molecule has 0 radical (unpaired) electrons. The van der Waals surface area contributed by atoms with Crippen molar-refractivity contribution in [3.8, 4) is 6.07 Å². The van der Waals surface area contributed by atoms with Crippen molar-refractivity contribution in [3.05, 3.63) is 23.8 Å². The molecule has 0 aliphatic carbocycles. The molecule has 0 fully saturated rings. The number of carbonyl (C=O) groups is 1. The Balaban J connectivity index is 2.00. The second kappa shape index (κ2) is 6.10. The van der Waals surface area contributed by atoms with Crippen LogP contribution in [0.5, 0.6) is 0 Å². The fraction of sp³-hybridized carbons (Fsp3) is 0.429. The molecule has 5 heteroatoms. The number of amides is 1. The largest absolute Gasteiger partial charge is 0.399 e. The Morgan fingerprint density at radius 3 is 3.16 bits per heavy atom. The van der Waals surface area contributed by atoms with E-state index in [9.17, 15) is 4.79 Å². The van der Waals surface area contributed by atoms with Crippen LogP contribution in [0, 0.1) is 11.3 Å². The molecule has 0 atom stereocenters. The van der Waals surface area contributed by atoms with Gasteiger partial charge in [-0.15, -0.1) is 0 Å². The minimum atomic E-state index is -0.0417. The van der Waals surface area contributed by atoms with Gasteiger partial charge in [-0.2, -0.15) is 5.26 Å². The average molecular weight is 258 g/mol. The summed E-state index contributed by atoms with van der Waals surface area (Å²) in [5, 5.41) is 11.2. The number of hydrogen-bond donors (Lipinski definition) is 2. The van der Waals surface area contributed by atoms with Crippen molar-refractivity contribution in [2.75, 3.05) is 30.3 Å². The van der Waals surface area contributed by atoms with E-state index in [1.54, 1.807) is 0 Å². The molecule has 1 amide bonds. The molecule has 1 heterocycles. The van der Waals surface area contributed by atoms with E-state index in [1.165, 1.54) is 5.56 Å². The third-order valence-corrected chi connectivity index (χ3v) is 3.21. The van der Waals surface area contributed by atoms with Crippen LogP contribution in [0.25, 0.3) is 0 Å². The van der Waals surface area contributed by atoms with Crippen molar-refractivity contribution in [2.45, 2.75) is 19.3 Å². The molecule has 2 rings (SSSR count). The third kappa shape index (κ3) is 3.38. The van der Waals surface area contributed by atoms with Gasteiger partial charge in [0, 0.05) is 24.5 Å². The third-order valence-electron chi connectivity index (χ3n) is 3.21. The van der Waals surface area contributed by atoms with Gasteiger partial charge in [0.1, 0.15) is 0 Å². The van der Waals surface area contributed by atoms with Crippen molar-refractivity contribution in [1.29, 1.82) is 5.26 Å². The van der Waals surface area contributed by atoms with Crippen LogP contribution < -0.4 is 16.0 Å². The van der Waals surface area contributed by atoms with Crippen LogP contribution in [0.3, 0.4) is 0 Å². The molecule has 0 spiro atoms. The van der Waals surface area contributed by atoms with E-state index < -0.39 is 0 Å². The number of nitrogen functional groups attached to an aromatic ring is 1. The van der Waals surface area contributed by atoms with E-state index in [0.717, 1.165) is 30.8 Å². The van der Waals surface area contributed by atoms with Gasteiger partial charge in [0.2, 0.25) is 5.91 Å². The zero-order chi connectivity index (χ0) is 13.7. The first-order chi connectivity index (χ1) is 9.20. The maximum Gasteiger partial charge on any atom is 0.239 e. The molecular weight excluding hydrogens is 240 g/mol. The summed E-state index contributed by atoms with van der Waals surface area (Å²) in [5.74, 6) is -0.0417. The summed E-state index contributed by atoms with van der Waals surface area (Å²) in [7, 11) is 0. The van der Waals surface area contributed by atoms with Gasteiger partial charge in [0.15, 0.2) is 0 Å². The second-order valence-corrected chi connectivity index (χ2v) is 4.67. The van der Waals surface area contributed by atoms with Gasteiger partial charge in [-0.1, -0.05) is 0 Å². The van der Waals surface area contributed by atoms with Gasteiger partial charge in [0.05, 0.1) is 19.0 Å². The lowest BCUT2D eigenvalue weighted by Gasteiger charge is -2.30. The second-order valence-electron chi connectivity index (χ2n) is 4.67. The highest BCUT2D eigenvalue weighted by molar-refractivity contribution is 5.82. The van der Waals surface area contributed by atoms with Gasteiger partial charge >= 0.3 is 0 Å². The predicted molar refractivity (Wildman–Crippen MR) is 74.6 cm³/mol. The number of nitrogens with zero attached hydrogens (tertiary/aromatic N) is 2. The fourth-order valence-electron chi connectivity index (χ4n) is 2.35. The van der Waals surface area contributed by atoms with E-state index in [4.69, 9.17) is 11.0 Å². The molecule has 0 aromatic heterocycles. The van der Waals surface area contributed by atoms with E-state index >= 15 is 0 Å². The lowest BCUT2D eigenvalue weighted by Crippen LogP contribution is -2.40. The summed E-state index contributed by atoms with van der Waals surface area (Å²) in [6.07, 6.45) is 2.38. The average Bonchev–Trinajstić information content (AvgIpc) is 2.39. The summed E-state index contributed by atoms with van der Waals surface area (Å²) in [5.41, 5.74) is 8.84. The van der Waals surface area contributed by atoms with Gasteiger partial charge in [0.25, 0.3) is 0 Å². The first-order valence-corrected chi connectivity index (χ1v) is 6.47. The van der Waals surface area contributed by atoms with Gasteiger partial charge in [-0.25, -0.2) is 0 Å². The van der Waals surface area contributed by atoms with Gasteiger partial charge < -0.3 is 16.0 Å². The Labute approximate surface area is 113 Å². The molecule has 5 nitrogen and oxygen atoms in total. The van der Waals surface area contributed by atoms with Crippen LogP contribution in [0.4, 0.5) is 11.4 Å². The highest BCUT2D eigenvalue weighted by Gasteiger charge is 2.18. The van der Waals surface area contributed by atoms with Crippen molar-refractivity contribution >= 4 is 17.3 Å². The van der Waals surface area contributed by atoms with Crippen molar-refractivity contribution < 1.29 is 4.79 Å². The van der Waals surface area contributed by atoms with Crippen LogP contribution in [0.2, 0.25) is 0 Å². The molecule has 19 heavy (non-hydrogen) atoms. The Morgan fingerprint density at radius 1 is 1.53 bits per heavy atom. The molecule has 1 aliphatic heterocycles. The number of carbonyl (C=O) groups excluding carboxylic acids is 1. The number of anilines is 2. The minimum absolute atomic E-state index is 0.0417. The molecule has 0 saturated heterocycles. The van der Waals surface area contributed by atoms with Crippen molar-refractivity contribution in [2.24, 2.45) is 0 Å². The predicted octanol–water partition coefficient (Wildman–Crippen LogP) is 1.05. The lowest BCUT2D eigenvalue weighted by atomic mass is 10.0. The Hall–Kier alpha value is -2.22. The van der Waals surface area contributed by atoms with E-state index in [0.29, 0.717) is 19.5 Å². The Morgan fingerprint density at radius 2 is 2.37 bits per heavy atom. The molecular formula is C14H18N4O. The quantitative estimate of drug-likeness (QED) is 0.624. The molecule has 0 saturated carbocycles. The van der Waals surface area contributed by atoms with E-state index in [2.05, 4.69) is 10.2 Å². The first kappa shape index (κ1) is 13.2. The van der Waals surface area contributed by atoms with E-state index in [1.807, 2.05) is 24.3 Å². The molecule has 1 aliphatic rings. The maximum absolute atomic E-state index is 11.8. The summed E-state index contributed by atoms with van der Waals surface area (Å²) in [4.78, 5) is 13.8. The molecule has 100 valence electrons. The molecule has 0 bridgehead atoms. The monoisotopic (exact) mass is 258 g/mol. The van der Waals surface area contributed by atoms with Crippen molar-refractivity contribution in [3.63, 3.8) is 0 Å². The smallest absolute Gasteiger partial charge is 0.239 e. The molecule has 1 aromatic carbocycles. The van der Waals surface area contributed by atoms with E-state index in [-0.39, 0.29) is 5.91 Å². The number of nitriles is 1. The Bertz CT molecular complexity index is 507. The molecule has 3 N–H and O–H groups in total. The maximum atomic E-state index is 11.8. The summed E-state index contributed by atoms with van der Waals surface area (Å²) in [6, 6.07) is 7.83. The summed E-state index contributed by atoms with van der Waals surface area (Å²) in [6.45, 7) is 1.63. The van der Waals surface area contributed by atoms with Crippen LogP contribution in [0.1, 0.15) is 18.4 Å². The number of aryl methyl sites for hydroxylation is 1. The molecule has 0 unspecified atom stereocenters. The summed E-state index contributed by atoms with van der Waals surface area (Å²) >= 11 is 0. The van der Waals surface area contributed by atoms with Crippen LogP contribution >= 0.6 is 0 Å². The normalized spacial score (nSPS) is 13.5.